The van der Waals surface area contributed by atoms with E-state index < -0.39 is 104 Å². The number of hydrogen-bond acceptors (Lipinski definition) is 19. The molecule has 0 fully saturated rings. The summed E-state index contributed by atoms with van der Waals surface area (Å²) in [4.78, 5) is 41.1. The second-order valence-electron chi connectivity index (χ2n) is 35.7. The monoisotopic (exact) mass is 2150 g/mol. The van der Waals surface area contributed by atoms with E-state index in [9.17, 15) is 97.8 Å². The number of aryl methyl sites for hydroxylation is 1. The van der Waals surface area contributed by atoms with E-state index >= 15 is 0 Å². The lowest BCUT2D eigenvalue weighted by Crippen LogP contribution is -2.61. The van der Waals surface area contributed by atoms with Gasteiger partial charge < -0.3 is 47.6 Å². The summed E-state index contributed by atoms with van der Waals surface area (Å²) in [7, 11) is -20.1. The number of esters is 3. The molecule has 800 valence electrons. The minimum atomic E-state index is -7.33. The number of aromatic hydroxyl groups is 3. The van der Waals surface area contributed by atoms with Crippen LogP contribution in [0.2, 0.25) is 0 Å². The number of fused-ring (bicyclic) bond motifs is 1. The first-order valence-corrected chi connectivity index (χ1v) is 54.8. The zero-order valence-electron chi connectivity index (χ0n) is 85.2. The van der Waals surface area contributed by atoms with E-state index in [1.165, 1.54) is 63.8 Å². The van der Waals surface area contributed by atoms with Crippen molar-refractivity contribution in [2.45, 2.75) is 255 Å². The van der Waals surface area contributed by atoms with Crippen LogP contribution in [0.3, 0.4) is 0 Å². The molecule has 6 atom stereocenters. The molecule has 34 heteroatoms. The smallest absolute Gasteiger partial charge is 0.450 e. The Morgan fingerprint density at radius 1 is 0.412 bits per heavy atom. The second-order valence-corrected chi connectivity index (χ2v) is 44.0. The van der Waals surface area contributed by atoms with Gasteiger partial charge in [0.25, 0.3) is 0 Å². The zero-order chi connectivity index (χ0) is 110. The predicted octanol–water partition coefficient (Wildman–Crippen LogP) is 29.0. The van der Waals surface area contributed by atoms with Crippen LogP contribution < -0.4 is 8.92 Å². The Balaban J connectivity index is 0.000000262. The molecule has 0 bridgehead atoms. The average Bonchev–Trinajstić information content (AvgIpc) is 0.719. The largest absolute Gasteiger partial charge is 0.744 e. The van der Waals surface area contributed by atoms with Gasteiger partial charge in [0.1, 0.15) is 50.2 Å². The van der Waals surface area contributed by atoms with Crippen LogP contribution in [0.1, 0.15) is 231 Å². The van der Waals surface area contributed by atoms with E-state index in [2.05, 4.69) is 194 Å². The summed E-state index contributed by atoms with van der Waals surface area (Å²) in [6.45, 7) is 28.6. The number of carbonyl (C=O) groups excluding carboxylic acids is 3. The van der Waals surface area contributed by atoms with Gasteiger partial charge in [0, 0.05) is 6.42 Å². The molecule has 13 rings (SSSR count). The van der Waals surface area contributed by atoms with E-state index in [0.717, 1.165) is 69.1 Å². The number of phenols is 3. The SMILES string of the molecule is CCC(C)(C)C(=O)OC1CCCc2ccccc21.CCC(C)(C)C(=O)OCCCOc1c(F)c(F)c(S(=O)(=O)[O-])c(F)c1F.CCC(C)C(=O)OC(CC)c1ccccc1.CCC(C)c1ccc(O)cc1.CCC(C)c1ccc(O)cc1.CCC(C)c1ccc(OS(=O)(=O)C(F)(F)C(F)(F)C(F)(F)S(=O)(=O)[O-])cc1.Oc1ccc([S+](c2ccccc2)c2ccccc2)cc1.c1ccc([S+](c2ccccc2)c2ccccc2)cc1. The molecular weight excluding hydrogens is 2020 g/mol. The molecule has 3 N–H and O–H groups in total. The Labute approximate surface area is 869 Å². The Morgan fingerprint density at radius 2 is 0.757 bits per heavy atom. The lowest BCUT2D eigenvalue weighted by Gasteiger charge is -2.32. The number of hydrogen-bond donors (Lipinski definition) is 3. The maximum Gasteiger partial charge on any atom is 0.450 e. The van der Waals surface area contributed by atoms with Gasteiger partial charge in [-0.15, -0.1) is 0 Å². The normalized spacial score (nSPS) is 13.5. The lowest BCUT2D eigenvalue weighted by molar-refractivity contribution is -0.247. The first-order chi connectivity index (χ1) is 69.8. The van der Waals surface area contributed by atoms with E-state index in [4.69, 9.17) is 24.4 Å². The number of benzene rings is 12. The van der Waals surface area contributed by atoms with Gasteiger partial charge in [-0.3, -0.25) is 14.4 Å². The molecule has 6 unspecified atom stereocenters. The fourth-order valence-electron chi connectivity index (χ4n) is 13.4. The molecule has 0 amide bonds. The molecule has 19 nitrogen and oxygen atoms in total. The van der Waals surface area contributed by atoms with Crippen LogP contribution in [0.4, 0.5) is 43.9 Å². The highest BCUT2D eigenvalue weighted by atomic mass is 32.2. The standard InChI is InChI=1S/C18H14OS.C18H15S.C16H22O2.C15H18F4O6S.C14H20O2.C13H14F6O6S2.2C10H14O/c19-15-11-13-18(14-12-15)20(16-7-3-1-4-8-16)17-9-5-2-6-10-17;1-4-10-16(11-5-1)19(17-12-6-2-7-13-17)18-14-8-3-9-15-18;1-4-16(2,3)15(17)18-14-11-7-9-12-8-5-6-10-13(12)14;1-4-15(2,3)14(20)25-7-5-6-24-12-8(16)10(18)13(26(21,22)23)11(19)9(12)17;1-4-11(3)14(15)16-13(5-2)12-9-7-6-8-10-12;1-3-8(2)9-4-6-10(7-5-9)25-27(23,24)13(18,19)11(14,15)12(16,17)26(20,21)22;2*1-3-8(2)9-4-6-10(11)7-5-9/h1-14H;1-15H;5-6,8,10,14H,4,7,9,11H2,1-3H3;4-7H2,1-3H3,(H,21,22,23);6-11,13H,4-5H2,1-3H3;4-8H,3H2,1-2H3,(H,20,21,22);2*4-8,11H,3H2,1-2H3/q;+1;;;;;;/p-1. The van der Waals surface area contributed by atoms with E-state index in [1.807, 2.05) is 133 Å². The Morgan fingerprint density at radius 3 is 1.11 bits per heavy atom. The maximum atomic E-state index is 13.7. The molecule has 0 saturated heterocycles. The van der Waals surface area contributed by atoms with Crippen molar-refractivity contribution in [2.24, 2.45) is 16.7 Å². The molecule has 1 aliphatic carbocycles. The summed E-state index contributed by atoms with van der Waals surface area (Å²) < 4.78 is 244. The fraction of sp³-hybridized carbons (Fsp3) is 0.342. The van der Waals surface area contributed by atoms with Crippen molar-refractivity contribution in [1.29, 1.82) is 0 Å². The van der Waals surface area contributed by atoms with E-state index in [1.54, 1.807) is 64.1 Å². The highest BCUT2D eigenvalue weighted by Crippen LogP contribution is 2.51. The third kappa shape index (κ3) is 36.1. The molecule has 0 saturated carbocycles. The van der Waals surface area contributed by atoms with Crippen LogP contribution in [0.15, 0.2) is 338 Å². The highest BCUT2D eigenvalue weighted by molar-refractivity contribution is 7.97. The summed E-state index contributed by atoms with van der Waals surface area (Å²) >= 11 is 0. The van der Waals surface area contributed by atoms with Crippen molar-refractivity contribution < 1.29 is 131 Å². The molecular formula is C114H130F10O19S5. The summed E-state index contributed by atoms with van der Waals surface area (Å²) in [6, 6.07) is 97.8. The van der Waals surface area contributed by atoms with Gasteiger partial charge in [0.2, 0.25) is 11.6 Å². The van der Waals surface area contributed by atoms with Crippen LogP contribution in [0, 0.1) is 40.0 Å². The molecule has 0 aromatic heterocycles. The third-order valence-electron chi connectivity index (χ3n) is 24.2. The van der Waals surface area contributed by atoms with Gasteiger partial charge in [-0.05, 0) is 264 Å². The summed E-state index contributed by atoms with van der Waals surface area (Å²) in [5.41, 5.74) is 5.71. The quantitative estimate of drug-likeness (QED) is 0.00493. The van der Waals surface area contributed by atoms with Gasteiger partial charge in [-0.2, -0.15) is 43.5 Å². The Hall–Kier alpha value is -12.2. The first kappa shape index (κ1) is 124. The van der Waals surface area contributed by atoms with E-state index in [-0.39, 0.29) is 76.2 Å². The van der Waals surface area contributed by atoms with Crippen molar-refractivity contribution in [2.75, 3.05) is 13.2 Å². The van der Waals surface area contributed by atoms with Crippen LogP contribution in [-0.2, 0) is 87.2 Å². The number of alkyl halides is 6. The van der Waals surface area contributed by atoms with Gasteiger partial charge in [-0.1, -0.05) is 258 Å². The summed E-state index contributed by atoms with van der Waals surface area (Å²) in [6.07, 6.45) is 8.83. The molecule has 0 radical (unpaired) electrons. The summed E-state index contributed by atoms with van der Waals surface area (Å²) in [5.74, 6) is -17.1. The maximum absolute atomic E-state index is 13.7. The molecule has 148 heavy (non-hydrogen) atoms. The van der Waals surface area contributed by atoms with Crippen LogP contribution in [0.25, 0.3) is 0 Å². The van der Waals surface area contributed by atoms with Crippen molar-refractivity contribution in [3.63, 3.8) is 0 Å². The molecule has 0 spiro atoms. The number of phenolic OH excluding ortho intramolecular Hbond substituents is 3. The topological polar surface area (TPSA) is 307 Å². The summed E-state index contributed by atoms with van der Waals surface area (Å²) in [5, 5.41) is 13.8. The van der Waals surface area contributed by atoms with Gasteiger partial charge in [-0.25, -0.2) is 25.6 Å². The van der Waals surface area contributed by atoms with Gasteiger partial charge in [0.05, 0.1) is 51.8 Å². The van der Waals surface area contributed by atoms with Crippen molar-refractivity contribution >= 4 is 70.1 Å². The number of carbonyl (C=O) groups is 3. The minimum absolute atomic E-state index is 0.0146. The van der Waals surface area contributed by atoms with Gasteiger partial charge in [0.15, 0.2) is 56.9 Å². The molecule has 12 aromatic carbocycles. The van der Waals surface area contributed by atoms with Crippen LogP contribution in [-0.4, -0.2) is 97.2 Å². The third-order valence-corrected chi connectivity index (χ3v) is 31.7. The molecule has 12 aromatic rings. The molecule has 0 aliphatic heterocycles. The van der Waals surface area contributed by atoms with Crippen molar-refractivity contribution in [3.8, 4) is 28.7 Å². The highest BCUT2D eigenvalue weighted by Gasteiger charge is 2.81. The number of halogens is 10. The fourth-order valence-corrected chi connectivity index (χ4v) is 19.7. The number of ether oxygens (including phenoxy) is 4. The van der Waals surface area contributed by atoms with Crippen LogP contribution >= 0.6 is 0 Å². The average molecular weight is 2150 g/mol. The molecule has 0 heterocycles. The minimum Gasteiger partial charge on any atom is -0.744 e. The van der Waals surface area contributed by atoms with E-state index in [0.29, 0.717) is 47.5 Å². The lowest BCUT2D eigenvalue weighted by atomic mass is 9.88. The second kappa shape index (κ2) is 58.7. The predicted molar refractivity (Wildman–Crippen MR) is 554 cm³/mol. The molecule has 1 aliphatic rings. The van der Waals surface area contributed by atoms with Crippen molar-refractivity contribution in [3.05, 3.63) is 360 Å². The Bertz CT molecular complexity index is 6210. The van der Waals surface area contributed by atoms with Crippen LogP contribution in [0.5, 0.6) is 28.7 Å². The van der Waals surface area contributed by atoms with Gasteiger partial charge >= 0.3 is 44.5 Å². The first-order valence-electron chi connectivity index (χ1n) is 48.2. The Kier molecular flexibility index (Phi) is 49.4. The van der Waals surface area contributed by atoms with Crippen molar-refractivity contribution in [1.82, 2.24) is 0 Å². The number of rotatable bonds is 34. The zero-order valence-corrected chi connectivity index (χ0v) is 89.3.